The highest BCUT2D eigenvalue weighted by molar-refractivity contribution is 6.05. The highest BCUT2D eigenvalue weighted by atomic mass is 16.5. The number of benzene rings is 2. The smallest absolute Gasteiger partial charge is 0.255 e. The summed E-state index contributed by atoms with van der Waals surface area (Å²) >= 11 is 0. The van der Waals surface area contributed by atoms with Gasteiger partial charge in [0, 0.05) is 23.5 Å². The van der Waals surface area contributed by atoms with Gasteiger partial charge in [-0.15, -0.1) is 0 Å². The number of rotatable bonds is 7. The summed E-state index contributed by atoms with van der Waals surface area (Å²) in [5.74, 6) is 1.70. The molecule has 3 rings (SSSR count). The van der Waals surface area contributed by atoms with Gasteiger partial charge in [0.1, 0.15) is 17.3 Å². The van der Waals surface area contributed by atoms with E-state index >= 15 is 0 Å². The van der Waals surface area contributed by atoms with Gasteiger partial charge in [-0.25, -0.2) is 4.98 Å². The summed E-state index contributed by atoms with van der Waals surface area (Å²) < 4.78 is 10.8. The number of ether oxygens (including phenoxy) is 2. The Hall–Kier alpha value is -3.54. The van der Waals surface area contributed by atoms with Gasteiger partial charge in [-0.1, -0.05) is 18.2 Å². The molecule has 2 N–H and O–H groups in total. The van der Waals surface area contributed by atoms with E-state index < -0.39 is 0 Å². The number of methoxy groups -OCH3 is 1. The van der Waals surface area contributed by atoms with Crippen LogP contribution in [0.15, 0.2) is 66.9 Å². The molecule has 6 heteroatoms. The third-order valence-electron chi connectivity index (χ3n) is 3.80. The largest absolute Gasteiger partial charge is 0.497 e. The molecule has 138 valence electrons. The molecular weight excluding hydrogens is 342 g/mol. The summed E-state index contributed by atoms with van der Waals surface area (Å²) in [6.07, 6.45) is 1.59. The number of carbonyl (C=O) groups is 1. The number of amides is 1. The van der Waals surface area contributed by atoms with Crippen molar-refractivity contribution in [3.63, 3.8) is 0 Å². The number of para-hydroxylation sites is 2. The number of carbonyl (C=O) groups excluding carboxylic acids is 1. The fraction of sp³-hybridized carbons (Fsp3) is 0.143. The number of aromatic nitrogens is 1. The van der Waals surface area contributed by atoms with E-state index in [4.69, 9.17) is 9.47 Å². The fourth-order valence-electron chi connectivity index (χ4n) is 2.53. The third-order valence-corrected chi connectivity index (χ3v) is 3.80. The first kappa shape index (κ1) is 18.3. The number of nitrogens with zero attached hydrogens (tertiary/aromatic N) is 1. The normalized spacial score (nSPS) is 10.1. The van der Waals surface area contributed by atoms with Crippen LogP contribution in [0.2, 0.25) is 0 Å². The number of nitrogens with one attached hydrogen (secondary N) is 2. The van der Waals surface area contributed by atoms with Gasteiger partial charge in [-0.2, -0.15) is 0 Å². The maximum absolute atomic E-state index is 12.6. The SMILES string of the molecule is CCOc1ccccc1NC(=O)c1ccnc(Nc2cccc(OC)c2)c1. The summed E-state index contributed by atoms with van der Waals surface area (Å²) in [6.45, 7) is 2.43. The molecule has 0 atom stereocenters. The molecule has 0 aliphatic rings. The molecule has 3 aromatic rings. The zero-order valence-corrected chi connectivity index (χ0v) is 15.2. The molecule has 27 heavy (non-hydrogen) atoms. The molecule has 6 nitrogen and oxygen atoms in total. The number of anilines is 3. The van der Waals surface area contributed by atoms with Gasteiger partial charge in [-0.05, 0) is 43.3 Å². The summed E-state index contributed by atoms with van der Waals surface area (Å²) in [4.78, 5) is 16.9. The second-order valence-electron chi connectivity index (χ2n) is 5.67. The van der Waals surface area contributed by atoms with Crippen LogP contribution in [0.1, 0.15) is 17.3 Å². The molecule has 1 amide bonds. The quantitative estimate of drug-likeness (QED) is 0.647. The second-order valence-corrected chi connectivity index (χ2v) is 5.67. The minimum atomic E-state index is -0.238. The van der Waals surface area contributed by atoms with E-state index in [-0.39, 0.29) is 5.91 Å². The van der Waals surface area contributed by atoms with E-state index in [0.29, 0.717) is 29.4 Å². The monoisotopic (exact) mass is 363 g/mol. The fourth-order valence-corrected chi connectivity index (χ4v) is 2.53. The summed E-state index contributed by atoms with van der Waals surface area (Å²) in [5.41, 5.74) is 1.94. The highest BCUT2D eigenvalue weighted by Gasteiger charge is 2.11. The molecule has 1 heterocycles. The Morgan fingerprint density at radius 3 is 2.74 bits per heavy atom. The van der Waals surface area contributed by atoms with Crippen molar-refractivity contribution < 1.29 is 14.3 Å². The first-order valence-corrected chi connectivity index (χ1v) is 8.60. The minimum Gasteiger partial charge on any atom is -0.497 e. The van der Waals surface area contributed by atoms with Crippen molar-refractivity contribution in [1.82, 2.24) is 4.98 Å². The van der Waals surface area contributed by atoms with Crippen LogP contribution in [0.25, 0.3) is 0 Å². The second kappa shape index (κ2) is 8.71. The molecular formula is C21H21N3O3. The van der Waals surface area contributed by atoms with Crippen LogP contribution in [-0.4, -0.2) is 24.6 Å². The molecule has 0 radical (unpaired) electrons. The average molecular weight is 363 g/mol. The Morgan fingerprint density at radius 2 is 1.93 bits per heavy atom. The van der Waals surface area contributed by atoms with Gasteiger partial charge in [-0.3, -0.25) is 4.79 Å². The average Bonchev–Trinajstić information content (AvgIpc) is 2.70. The molecule has 2 aromatic carbocycles. The van der Waals surface area contributed by atoms with Crippen molar-refractivity contribution >= 4 is 23.1 Å². The van der Waals surface area contributed by atoms with Gasteiger partial charge in [0.05, 0.1) is 19.4 Å². The maximum atomic E-state index is 12.6. The Balaban J connectivity index is 1.76. The first-order valence-electron chi connectivity index (χ1n) is 8.60. The van der Waals surface area contributed by atoms with Gasteiger partial charge < -0.3 is 20.1 Å². The lowest BCUT2D eigenvalue weighted by Gasteiger charge is -2.12. The summed E-state index contributed by atoms with van der Waals surface area (Å²) in [6, 6.07) is 18.2. The van der Waals surface area contributed by atoms with Crippen molar-refractivity contribution in [2.24, 2.45) is 0 Å². The van der Waals surface area contributed by atoms with Gasteiger partial charge >= 0.3 is 0 Å². The van der Waals surface area contributed by atoms with Crippen LogP contribution in [0.5, 0.6) is 11.5 Å². The summed E-state index contributed by atoms with van der Waals surface area (Å²) in [7, 11) is 1.61. The van der Waals surface area contributed by atoms with E-state index in [9.17, 15) is 4.79 Å². The Kier molecular flexibility index (Phi) is 5.89. The molecule has 0 unspecified atom stereocenters. The van der Waals surface area contributed by atoms with E-state index in [1.807, 2.05) is 49.4 Å². The minimum absolute atomic E-state index is 0.238. The van der Waals surface area contributed by atoms with Crippen LogP contribution in [-0.2, 0) is 0 Å². The zero-order valence-electron chi connectivity index (χ0n) is 15.2. The van der Waals surface area contributed by atoms with E-state index in [0.717, 1.165) is 11.4 Å². The van der Waals surface area contributed by atoms with Crippen molar-refractivity contribution in [3.05, 3.63) is 72.4 Å². The van der Waals surface area contributed by atoms with Crippen molar-refractivity contribution in [2.45, 2.75) is 6.92 Å². The lowest BCUT2D eigenvalue weighted by Crippen LogP contribution is -2.13. The van der Waals surface area contributed by atoms with Crippen LogP contribution in [0.3, 0.4) is 0 Å². The number of pyridine rings is 1. The van der Waals surface area contributed by atoms with E-state index in [1.165, 1.54) is 0 Å². The lowest BCUT2D eigenvalue weighted by molar-refractivity contribution is 0.102. The third kappa shape index (κ3) is 4.76. The van der Waals surface area contributed by atoms with Crippen LogP contribution in [0.4, 0.5) is 17.2 Å². The van der Waals surface area contributed by atoms with Crippen molar-refractivity contribution in [3.8, 4) is 11.5 Å². The summed E-state index contributed by atoms with van der Waals surface area (Å²) in [5, 5.41) is 6.06. The predicted molar refractivity (Wildman–Crippen MR) is 106 cm³/mol. The van der Waals surface area contributed by atoms with E-state index in [2.05, 4.69) is 15.6 Å². The lowest BCUT2D eigenvalue weighted by atomic mass is 10.2. The maximum Gasteiger partial charge on any atom is 0.255 e. The van der Waals surface area contributed by atoms with Crippen LogP contribution >= 0.6 is 0 Å². The molecule has 0 saturated heterocycles. The molecule has 0 aliphatic carbocycles. The molecule has 0 aliphatic heterocycles. The first-order chi connectivity index (χ1) is 13.2. The predicted octanol–water partition coefficient (Wildman–Crippen LogP) is 4.48. The number of hydrogen-bond donors (Lipinski definition) is 2. The Morgan fingerprint density at radius 1 is 1.07 bits per heavy atom. The van der Waals surface area contributed by atoms with Crippen LogP contribution in [0, 0.1) is 0 Å². The zero-order chi connectivity index (χ0) is 19.1. The topological polar surface area (TPSA) is 72.5 Å². The molecule has 1 aromatic heterocycles. The van der Waals surface area contributed by atoms with Gasteiger partial charge in [0.15, 0.2) is 0 Å². The van der Waals surface area contributed by atoms with Gasteiger partial charge in [0.2, 0.25) is 0 Å². The van der Waals surface area contributed by atoms with Gasteiger partial charge in [0.25, 0.3) is 5.91 Å². The molecule has 0 bridgehead atoms. The van der Waals surface area contributed by atoms with E-state index in [1.54, 1.807) is 31.5 Å². The Bertz CT molecular complexity index is 928. The highest BCUT2D eigenvalue weighted by Crippen LogP contribution is 2.25. The molecule has 0 spiro atoms. The Labute approximate surface area is 158 Å². The molecule has 0 fully saturated rings. The standard InChI is InChI=1S/C21H21N3O3/c1-3-27-19-10-5-4-9-18(19)24-21(25)15-11-12-22-20(13-15)23-16-7-6-8-17(14-16)26-2/h4-14H,3H2,1-2H3,(H,22,23)(H,24,25). The van der Waals surface area contributed by atoms with Crippen molar-refractivity contribution in [2.75, 3.05) is 24.4 Å². The van der Waals surface area contributed by atoms with Crippen LogP contribution < -0.4 is 20.1 Å². The molecule has 0 saturated carbocycles. The number of hydrogen-bond acceptors (Lipinski definition) is 5. The van der Waals surface area contributed by atoms with Crippen molar-refractivity contribution in [1.29, 1.82) is 0 Å².